The highest BCUT2D eigenvalue weighted by molar-refractivity contribution is 9.10. The standard InChI is InChI=1S/C23H21BrN4O3/c1-3-6-21-26-19-10-9-16(24)11-18(19)22(29)28(21)25-12-15-13-27(14(2)23(30)31)20-8-5-4-7-17(15)20/h4-5,7-14H,3,6H2,1-2H3,(H,30,31)/t14-/m1/s1. The van der Waals surface area contributed by atoms with Gasteiger partial charge in [-0.05, 0) is 37.6 Å². The first-order valence-corrected chi connectivity index (χ1v) is 10.8. The molecule has 1 atom stereocenters. The normalized spacial score (nSPS) is 12.7. The lowest BCUT2D eigenvalue weighted by molar-refractivity contribution is -0.140. The van der Waals surface area contributed by atoms with Crippen molar-refractivity contribution < 1.29 is 9.90 Å². The number of halogens is 1. The third-order valence-electron chi connectivity index (χ3n) is 5.21. The average molecular weight is 481 g/mol. The highest BCUT2D eigenvalue weighted by atomic mass is 79.9. The molecule has 2 aromatic heterocycles. The summed E-state index contributed by atoms with van der Waals surface area (Å²) >= 11 is 3.41. The van der Waals surface area contributed by atoms with Gasteiger partial charge in [-0.25, -0.2) is 9.78 Å². The minimum atomic E-state index is -0.921. The molecule has 4 rings (SSSR count). The molecule has 158 valence electrons. The molecule has 31 heavy (non-hydrogen) atoms. The number of carbonyl (C=O) groups is 1. The Balaban J connectivity index is 1.88. The first kappa shape index (κ1) is 21.0. The van der Waals surface area contributed by atoms with Crippen molar-refractivity contribution in [1.29, 1.82) is 0 Å². The molecule has 0 spiro atoms. The van der Waals surface area contributed by atoms with E-state index in [1.165, 1.54) is 4.68 Å². The number of nitrogens with zero attached hydrogens (tertiary/aromatic N) is 4. The maximum Gasteiger partial charge on any atom is 0.326 e. The minimum absolute atomic E-state index is 0.242. The average Bonchev–Trinajstić information content (AvgIpc) is 3.12. The number of benzene rings is 2. The summed E-state index contributed by atoms with van der Waals surface area (Å²) in [4.78, 5) is 29.3. The Morgan fingerprint density at radius 1 is 1.26 bits per heavy atom. The fraction of sp³-hybridized carbons (Fsp3) is 0.217. The number of para-hydroxylation sites is 1. The van der Waals surface area contributed by atoms with Crippen molar-refractivity contribution in [3.63, 3.8) is 0 Å². The first-order chi connectivity index (χ1) is 14.9. The second-order valence-corrected chi connectivity index (χ2v) is 8.24. The summed E-state index contributed by atoms with van der Waals surface area (Å²) in [5, 5.41) is 15.3. The molecular formula is C23H21BrN4O3. The minimum Gasteiger partial charge on any atom is -0.480 e. The Bertz CT molecular complexity index is 1390. The van der Waals surface area contributed by atoms with Crippen molar-refractivity contribution in [3.8, 4) is 0 Å². The molecule has 1 N–H and O–H groups in total. The summed E-state index contributed by atoms with van der Waals surface area (Å²) in [7, 11) is 0. The van der Waals surface area contributed by atoms with Crippen molar-refractivity contribution >= 4 is 49.9 Å². The fourth-order valence-electron chi connectivity index (χ4n) is 3.59. The molecule has 0 fully saturated rings. The van der Waals surface area contributed by atoms with Gasteiger partial charge >= 0.3 is 5.97 Å². The molecule has 2 aromatic carbocycles. The monoisotopic (exact) mass is 480 g/mol. The van der Waals surface area contributed by atoms with Gasteiger partial charge in [0.2, 0.25) is 0 Å². The highest BCUT2D eigenvalue weighted by Crippen LogP contribution is 2.24. The molecule has 0 radical (unpaired) electrons. The predicted octanol–water partition coefficient (Wildman–Crippen LogP) is 4.59. The quantitative estimate of drug-likeness (QED) is 0.408. The van der Waals surface area contributed by atoms with Crippen molar-refractivity contribution in [2.24, 2.45) is 5.10 Å². The van der Waals surface area contributed by atoms with Crippen molar-refractivity contribution in [2.45, 2.75) is 32.7 Å². The molecule has 0 unspecified atom stereocenters. The molecule has 4 aromatic rings. The van der Waals surface area contributed by atoms with Gasteiger partial charge in [0.25, 0.3) is 5.56 Å². The smallest absolute Gasteiger partial charge is 0.326 e. The molecule has 0 saturated carbocycles. The van der Waals surface area contributed by atoms with Gasteiger partial charge in [-0.15, -0.1) is 0 Å². The molecule has 0 aliphatic heterocycles. The van der Waals surface area contributed by atoms with Crippen LogP contribution in [0.4, 0.5) is 0 Å². The summed E-state index contributed by atoms with van der Waals surface area (Å²) in [6.07, 6.45) is 4.78. The van der Waals surface area contributed by atoms with Gasteiger partial charge < -0.3 is 9.67 Å². The summed E-state index contributed by atoms with van der Waals surface area (Å²) in [6, 6.07) is 12.2. The van der Waals surface area contributed by atoms with Gasteiger partial charge in [0.05, 0.1) is 17.1 Å². The number of fused-ring (bicyclic) bond motifs is 2. The van der Waals surface area contributed by atoms with E-state index in [2.05, 4.69) is 26.0 Å². The zero-order chi connectivity index (χ0) is 22.1. The molecule has 0 bridgehead atoms. The molecule has 2 heterocycles. The summed E-state index contributed by atoms with van der Waals surface area (Å²) in [5.41, 5.74) is 1.91. The maximum atomic E-state index is 13.2. The Morgan fingerprint density at radius 2 is 2.03 bits per heavy atom. The number of aryl methyl sites for hydroxylation is 1. The number of carboxylic acid groups (broad SMARTS) is 1. The predicted molar refractivity (Wildman–Crippen MR) is 125 cm³/mol. The molecule has 0 saturated heterocycles. The van der Waals surface area contributed by atoms with E-state index in [9.17, 15) is 14.7 Å². The molecule has 7 nitrogen and oxygen atoms in total. The Labute approximate surface area is 186 Å². The molecule has 8 heteroatoms. The molecular weight excluding hydrogens is 460 g/mol. The number of rotatable bonds is 6. The van der Waals surface area contributed by atoms with Crippen LogP contribution in [0.15, 0.2) is 63.0 Å². The van der Waals surface area contributed by atoms with E-state index in [0.717, 1.165) is 27.4 Å². The SMILES string of the molecule is CCCc1nc2ccc(Br)cc2c(=O)n1N=Cc1cn([C@H](C)C(=O)O)c2ccccc12. The van der Waals surface area contributed by atoms with E-state index < -0.39 is 12.0 Å². The maximum absolute atomic E-state index is 13.2. The molecule has 0 aliphatic rings. The van der Waals surface area contributed by atoms with Crippen LogP contribution >= 0.6 is 15.9 Å². The summed E-state index contributed by atoms with van der Waals surface area (Å²) in [5.74, 6) is -0.337. The van der Waals surface area contributed by atoms with Gasteiger partial charge in [-0.3, -0.25) is 4.79 Å². The third kappa shape index (κ3) is 3.90. The lowest BCUT2D eigenvalue weighted by Gasteiger charge is -2.09. The highest BCUT2D eigenvalue weighted by Gasteiger charge is 2.17. The largest absolute Gasteiger partial charge is 0.480 e. The van der Waals surface area contributed by atoms with Crippen LogP contribution in [0.2, 0.25) is 0 Å². The van der Waals surface area contributed by atoms with Crippen LogP contribution in [0.3, 0.4) is 0 Å². The van der Waals surface area contributed by atoms with Gasteiger partial charge in [0, 0.05) is 33.6 Å². The van der Waals surface area contributed by atoms with Crippen LogP contribution in [-0.2, 0) is 11.2 Å². The molecule has 0 amide bonds. The van der Waals surface area contributed by atoms with E-state index in [1.807, 2.05) is 43.3 Å². The number of hydrogen-bond acceptors (Lipinski definition) is 4. The zero-order valence-electron chi connectivity index (χ0n) is 17.1. The number of aromatic nitrogens is 3. The topological polar surface area (TPSA) is 89.5 Å². The zero-order valence-corrected chi connectivity index (χ0v) is 18.7. The van der Waals surface area contributed by atoms with E-state index in [4.69, 9.17) is 0 Å². The summed E-state index contributed by atoms with van der Waals surface area (Å²) < 4.78 is 3.83. The number of hydrogen-bond donors (Lipinski definition) is 1. The second kappa shape index (κ2) is 8.47. The van der Waals surface area contributed by atoms with Crippen molar-refractivity contribution in [2.75, 3.05) is 0 Å². The molecule has 0 aliphatic carbocycles. The third-order valence-corrected chi connectivity index (χ3v) is 5.70. The van der Waals surface area contributed by atoms with Crippen molar-refractivity contribution in [3.05, 3.63) is 74.9 Å². The van der Waals surface area contributed by atoms with E-state index in [1.54, 1.807) is 30.0 Å². The van der Waals surface area contributed by atoms with E-state index in [-0.39, 0.29) is 5.56 Å². The van der Waals surface area contributed by atoms with Crippen molar-refractivity contribution in [1.82, 2.24) is 14.2 Å². The van der Waals surface area contributed by atoms with Crippen LogP contribution in [0.5, 0.6) is 0 Å². The first-order valence-electron chi connectivity index (χ1n) is 9.98. The second-order valence-electron chi connectivity index (χ2n) is 7.32. The summed E-state index contributed by atoms with van der Waals surface area (Å²) in [6.45, 7) is 3.65. The van der Waals surface area contributed by atoms with Crippen LogP contribution in [-0.4, -0.2) is 31.5 Å². The van der Waals surface area contributed by atoms with Gasteiger partial charge in [0.1, 0.15) is 11.9 Å². The van der Waals surface area contributed by atoms with Gasteiger partial charge in [-0.1, -0.05) is 41.1 Å². The van der Waals surface area contributed by atoms with E-state index in [0.29, 0.717) is 23.1 Å². The Hall–Kier alpha value is -3.26. The lowest BCUT2D eigenvalue weighted by Crippen LogP contribution is -2.22. The van der Waals surface area contributed by atoms with Gasteiger partial charge in [-0.2, -0.15) is 9.78 Å². The van der Waals surface area contributed by atoms with Crippen LogP contribution in [0.25, 0.3) is 21.8 Å². The van der Waals surface area contributed by atoms with Gasteiger partial charge in [0.15, 0.2) is 0 Å². The van der Waals surface area contributed by atoms with E-state index >= 15 is 0 Å². The van der Waals surface area contributed by atoms with Crippen LogP contribution < -0.4 is 5.56 Å². The lowest BCUT2D eigenvalue weighted by atomic mass is 10.2. The Morgan fingerprint density at radius 3 is 2.77 bits per heavy atom. The number of carboxylic acids is 1. The fourth-order valence-corrected chi connectivity index (χ4v) is 3.95. The van der Waals surface area contributed by atoms with Crippen LogP contribution in [0.1, 0.15) is 37.7 Å². The Kier molecular flexibility index (Phi) is 5.73. The number of aliphatic carboxylic acids is 1. The van der Waals surface area contributed by atoms with Crippen LogP contribution in [0, 0.1) is 0 Å².